The molecule has 1 saturated carbocycles. The minimum Gasteiger partial charge on any atom is -0.474 e. The topological polar surface area (TPSA) is 35.0 Å². The first-order valence-corrected chi connectivity index (χ1v) is 7.85. The van der Waals surface area contributed by atoms with Crippen LogP contribution in [0.2, 0.25) is 5.15 Å². The lowest BCUT2D eigenvalue weighted by atomic mass is 9.89. The molecule has 0 amide bonds. The largest absolute Gasteiger partial charge is 0.474 e. The molecule has 1 aromatic carbocycles. The van der Waals surface area contributed by atoms with Crippen molar-refractivity contribution < 1.29 is 4.74 Å². The summed E-state index contributed by atoms with van der Waals surface area (Å²) in [7, 11) is 0. The first-order valence-electron chi connectivity index (χ1n) is 7.47. The van der Waals surface area contributed by atoms with E-state index in [4.69, 9.17) is 16.3 Å². The average Bonchev–Trinajstić information content (AvgIpc) is 2.47. The van der Waals surface area contributed by atoms with Gasteiger partial charge in [-0.3, -0.25) is 0 Å². The Kier molecular flexibility index (Phi) is 4.39. The fraction of sp³-hybridized carbons (Fsp3) is 0.412. The zero-order chi connectivity index (χ0) is 14.7. The Labute approximate surface area is 130 Å². The van der Waals surface area contributed by atoms with E-state index in [1.165, 1.54) is 12.8 Å². The molecule has 1 heterocycles. The quantitative estimate of drug-likeness (QED) is 0.767. The predicted octanol–water partition coefficient (Wildman–Crippen LogP) is 4.75. The van der Waals surface area contributed by atoms with E-state index >= 15 is 0 Å². The molecule has 2 atom stereocenters. The second kappa shape index (κ2) is 6.44. The van der Waals surface area contributed by atoms with Gasteiger partial charge in [0.1, 0.15) is 11.3 Å². The molecule has 0 N–H and O–H groups in total. The molecular weight excluding hydrogens is 284 g/mol. The van der Waals surface area contributed by atoms with Gasteiger partial charge >= 0.3 is 0 Å². The van der Waals surface area contributed by atoms with E-state index in [1.54, 1.807) is 6.07 Å². The maximum absolute atomic E-state index is 6.12. The van der Waals surface area contributed by atoms with Gasteiger partial charge in [-0.2, -0.15) is 4.98 Å². The minimum atomic E-state index is 0.239. The van der Waals surface area contributed by atoms with Crippen molar-refractivity contribution in [2.75, 3.05) is 0 Å². The Morgan fingerprint density at radius 2 is 1.95 bits per heavy atom. The van der Waals surface area contributed by atoms with Crippen LogP contribution in [-0.4, -0.2) is 16.1 Å². The van der Waals surface area contributed by atoms with E-state index in [0.717, 1.165) is 24.3 Å². The summed E-state index contributed by atoms with van der Waals surface area (Å²) in [6.07, 6.45) is 4.92. The third kappa shape index (κ3) is 3.73. The number of rotatable bonds is 3. The molecule has 0 saturated heterocycles. The number of benzene rings is 1. The van der Waals surface area contributed by atoms with E-state index in [9.17, 15) is 0 Å². The Hall–Kier alpha value is -1.61. The van der Waals surface area contributed by atoms with Crippen LogP contribution in [0.3, 0.4) is 0 Å². The van der Waals surface area contributed by atoms with Crippen LogP contribution >= 0.6 is 11.6 Å². The lowest BCUT2D eigenvalue weighted by molar-refractivity contribution is 0.124. The number of aromatic nitrogens is 2. The van der Waals surface area contributed by atoms with E-state index in [0.29, 0.717) is 16.9 Å². The molecule has 1 aliphatic carbocycles. The lowest BCUT2D eigenvalue weighted by Gasteiger charge is -2.27. The summed E-state index contributed by atoms with van der Waals surface area (Å²) in [5, 5.41) is 0.419. The van der Waals surface area contributed by atoms with Gasteiger partial charge in [-0.05, 0) is 25.2 Å². The molecule has 21 heavy (non-hydrogen) atoms. The van der Waals surface area contributed by atoms with Gasteiger partial charge in [0.2, 0.25) is 5.88 Å². The number of halogens is 1. The highest BCUT2D eigenvalue weighted by Gasteiger charge is 2.21. The highest BCUT2D eigenvalue weighted by atomic mass is 35.5. The summed E-state index contributed by atoms with van der Waals surface area (Å²) in [6, 6.07) is 11.5. The fourth-order valence-electron chi connectivity index (χ4n) is 2.83. The molecule has 2 unspecified atom stereocenters. The van der Waals surface area contributed by atoms with Crippen molar-refractivity contribution in [3.63, 3.8) is 0 Å². The van der Waals surface area contributed by atoms with Crippen LogP contribution in [-0.2, 0) is 0 Å². The summed E-state index contributed by atoms with van der Waals surface area (Å²) in [5.41, 5.74) is 0.946. The van der Waals surface area contributed by atoms with Crippen LogP contribution in [0.4, 0.5) is 0 Å². The highest BCUT2D eigenvalue weighted by molar-refractivity contribution is 6.29. The van der Waals surface area contributed by atoms with Crippen LogP contribution < -0.4 is 4.74 Å². The molecule has 0 aliphatic heterocycles. The Morgan fingerprint density at radius 3 is 2.71 bits per heavy atom. The van der Waals surface area contributed by atoms with Crippen LogP contribution in [0.1, 0.15) is 32.6 Å². The van der Waals surface area contributed by atoms with Crippen molar-refractivity contribution in [1.29, 1.82) is 0 Å². The molecule has 4 heteroatoms. The zero-order valence-corrected chi connectivity index (χ0v) is 12.9. The van der Waals surface area contributed by atoms with Gasteiger partial charge in [-0.15, -0.1) is 0 Å². The fourth-order valence-corrected chi connectivity index (χ4v) is 3.00. The first-order chi connectivity index (χ1) is 10.2. The molecule has 0 radical (unpaired) electrons. The molecule has 110 valence electrons. The standard InChI is InChI=1S/C17H19ClN2O/c1-12-6-5-9-14(10-12)21-16-11-15(18)19-17(20-16)13-7-3-2-4-8-13/h2-4,7-8,11-12,14H,5-6,9-10H2,1H3. The van der Waals surface area contributed by atoms with Crippen LogP contribution in [0.15, 0.2) is 36.4 Å². The third-order valence-electron chi connectivity index (χ3n) is 3.88. The normalized spacial score (nSPS) is 22.0. The van der Waals surface area contributed by atoms with Gasteiger partial charge in [0.15, 0.2) is 5.82 Å². The molecular formula is C17H19ClN2O. The van der Waals surface area contributed by atoms with Gasteiger partial charge in [-0.25, -0.2) is 4.98 Å². The second-order valence-electron chi connectivity index (χ2n) is 5.73. The van der Waals surface area contributed by atoms with Crippen LogP contribution in [0, 0.1) is 5.92 Å². The number of hydrogen-bond acceptors (Lipinski definition) is 3. The summed E-state index contributed by atoms with van der Waals surface area (Å²) < 4.78 is 6.03. The summed E-state index contributed by atoms with van der Waals surface area (Å²) in [4.78, 5) is 8.79. The van der Waals surface area contributed by atoms with Gasteiger partial charge in [-0.1, -0.05) is 55.3 Å². The van der Waals surface area contributed by atoms with Crippen molar-refractivity contribution in [3.05, 3.63) is 41.6 Å². The SMILES string of the molecule is CC1CCCC(Oc2cc(Cl)nc(-c3ccccc3)n2)C1. The third-order valence-corrected chi connectivity index (χ3v) is 4.07. The van der Waals surface area contributed by atoms with E-state index < -0.39 is 0 Å². The number of nitrogens with zero attached hydrogens (tertiary/aromatic N) is 2. The molecule has 3 rings (SSSR count). The summed E-state index contributed by atoms with van der Waals surface area (Å²) in [6.45, 7) is 2.28. The zero-order valence-electron chi connectivity index (χ0n) is 12.1. The van der Waals surface area contributed by atoms with Crippen molar-refractivity contribution in [1.82, 2.24) is 9.97 Å². The first kappa shape index (κ1) is 14.3. The van der Waals surface area contributed by atoms with Crippen molar-refractivity contribution in [2.24, 2.45) is 5.92 Å². The molecule has 3 nitrogen and oxygen atoms in total. The summed E-state index contributed by atoms with van der Waals surface area (Å²) >= 11 is 6.12. The van der Waals surface area contributed by atoms with Crippen molar-refractivity contribution in [3.8, 4) is 17.3 Å². The summed E-state index contributed by atoms with van der Waals surface area (Å²) in [5.74, 6) is 1.91. The molecule has 1 fully saturated rings. The minimum absolute atomic E-state index is 0.239. The highest BCUT2D eigenvalue weighted by Crippen LogP contribution is 2.28. The Bertz CT molecular complexity index is 603. The Balaban J connectivity index is 1.81. The monoisotopic (exact) mass is 302 g/mol. The van der Waals surface area contributed by atoms with Gasteiger partial charge in [0.25, 0.3) is 0 Å². The van der Waals surface area contributed by atoms with Crippen molar-refractivity contribution >= 4 is 11.6 Å². The van der Waals surface area contributed by atoms with Crippen LogP contribution in [0.25, 0.3) is 11.4 Å². The molecule has 2 aromatic rings. The lowest BCUT2D eigenvalue weighted by Crippen LogP contribution is -2.24. The van der Waals surface area contributed by atoms with E-state index in [-0.39, 0.29) is 6.10 Å². The van der Waals surface area contributed by atoms with Gasteiger partial charge < -0.3 is 4.74 Å². The predicted molar refractivity (Wildman–Crippen MR) is 84.5 cm³/mol. The number of hydrogen-bond donors (Lipinski definition) is 0. The molecule has 0 spiro atoms. The van der Waals surface area contributed by atoms with Gasteiger partial charge in [0.05, 0.1) is 0 Å². The molecule has 1 aliphatic rings. The second-order valence-corrected chi connectivity index (χ2v) is 6.12. The smallest absolute Gasteiger partial charge is 0.218 e. The average molecular weight is 303 g/mol. The van der Waals surface area contributed by atoms with E-state index in [1.807, 2.05) is 30.3 Å². The van der Waals surface area contributed by atoms with E-state index in [2.05, 4.69) is 16.9 Å². The molecule has 0 bridgehead atoms. The Morgan fingerprint density at radius 1 is 1.14 bits per heavy atom. The number of ether oxygens (including phenoxy) is 1. The van der Waals surface area contributed by atoms with Gasteiger partial charge in [0, 0.05) is 11.6 Å². The maximum atomic E-state index is 6.12. The molecule has 1 aromatic heterocycles. The van der Waals surface area contributed by atoms with Crippen LogP contribution in [0.5, 0.6) is 5.88 Å². The maximum Gasteiger partial charge on any atom is 0.218 e. The van der Waals surface area contributed by atoms with Crippen molar-refractivity contribution in [2.45, 2.75) is 38.7 Å².